The van der Waals surface area contributed by atoms with Crippen LogP contribution in [0.25, 0.3) is 0 Å². The molecule has 0 aliphatic rings. The molecule has 0 saturated carbocycles. The van der Waals surface area contributed by atoms with Crippen LogP contribution >= 0.6 is 0 Å². The third-order valence-corrected chi connectivity index (χ3v) is 5.02. The largest absolute Gasteiger partial charge is 0.416 e. The third-order valence-electron chi connectivity index (χ3n) is 5.02. The number of halogens is 3. The monoisotopic (exact) mass is 436 g/mol. The molecule has 0 aliphatic carbocycles. The molecule has 2 amide bonds. The molecule has 0 fully saturated rings. The predicted molar refractivity (Wildman–Crippen MR) is 118 cm³/mol. The van der Waals surface area contributed by atoms with Gasteiger partial charge in [0, 0.05) is 30.9 Å². The molecule has 2 rings (SSSR count). The molecule has 0 spiro atoms. The number of benzene rings is 2. The highest BCUT2D eigenvalue weighted by Gasteiger charge is 2.31. The van der Waals surface area contributed by atoms with E-state index in [9.17, 15) is 18.0 Å². The van der Waals surface area contributed by atoms with E-state index in [0.29, 0.717) is 13.1 Å². The molecule has 5 nitrogen and oxygen atoms in total. The minimum atomic E-state index is -4.47. The first-order chi connectivity index (χ1) is 14.5. The van der Waals surface area contributed by atoms with Crippen molar-refractivity contribution in [3.05, 3.63) is 65.7 Å². The minimum absolute atomic E-state index is 0.0283. The lowest BCUT2D eigenvalue weighted by atomic mass is 9.86. The van der Waals surface area contributed by atoms with Gasteiger partial charge in [-0.1, -0.05) is 57.2 Å². The molecule has 0 radical (unpaired) electrons. The van der Waals surface area contributed by atoms with Crippen LogP contribution < -0.4 is 21.7 Å². The summed E-state index contributed by atoms with van der Waals surface area (Å²) < 4.78 is 38.7. The highest BCUT2D eigenvalue weighted by atomic mass is 19.4. The van der Waals surface area contributed by atoms with E-state index in [4.69, 9.17) is 5.73 Å². The number of amides is 2. The van der Waals surface area contributed by atoms with Gasteiger partial charge in [0.15, 0.2) is 0 Å². The Labute approximate surface area is 181 Å². The first kappa shape index (κ1) is 24.7. The maximum absolute atomic E-state index is 12.9. The van der Waals surface area contributed by atoms with Crippen molar-refractivity contribution in [2.75, 3.05) is 18.4 Å². The molecule has 8 heteroatoms. The zero-order valence-corrected chi connectivity index (χ0v) is 18.1. The summed E-state index contributed by atoms with van der Waals surface area (Å²) in [7, 11) is 0. The van der Waals surface area contributed by atoms with E-state index in [2.05, 4.69) is 16.0 Å². The van der Waals surface area contributed by atoms with Crippen LogP contribution in [0.15, 0.2) is 54.6 Å². The smallest absolute Gasteiger partial charge is 0.333 e. The maximum atomic E-state index is 12.9. The van der Waals surface area contributed by atoms with Gasteiger partial charge in [-0.05, 0) is 35.6 Å². The van der Waals surface area contributed by atoms with Gasteiger partial charge in [-0.3, -0.25) is 0 Å². The van der Waals surface area contributed by atoms with Gasteiger partial charge in [0.2, 0.25) is 0 Å². The van der Waals surface area contributed by atoms with Crippen molar-refractivity contribution in [2.24, 2.45) is 11.1 Å². The van der Waals surface area contributed by atoms with Crippen LogP contribution in [-0.2, 0) is 12.6 Å². The fourth-order valence-electron chi connectivity index (χ4n) is 3.09. The second-order valence-corrected chi connectivity index (χ2v) is 8.63. The standard InChI is InChI=1S/C23H31F3N4O/c1-22(2,3)20(15-28-19(14-27)12-16-8-5-4-6-9-16)30-21(31)29-18-11-7-10-17(13-18)23(24,25)26/h4-11,13,19-20,28H,12,14-15,27H2,1-3H3,(H2,29,30,31)/t19?,20-/m1/s1. The van der Waals surface area contributed by atoms with Crippen molar-refractivity contribution in [1.29, 1.82) is 0 Å². The molecular formula is C23H31F3N4O. The van der Waals surface area contributed by atoms with E-state index in [0.717, 1.165) is 24.1 Å². The number of carbonyl (C=O) groups excluding carboxylic acids is 1. The topological polar surface area (TPSA) is 79.2 Å². The number of urea groups is 1. The van der Waals surface area contributed by atoms with E-state index < -0.39 is 17.8 Å². The van der Waals surface area contributed by atoms with Crippen LogP contribution in [0.3, 0.4) is 0 Å². The molecule has 0 heterocycles. The molecule has 5 N–H and O–H groups in total. The van der Waals surface area contributed by atoms with Gasteiger partial charge >= 0.3 is 12.2 Å². The average molecular weight is 437 g/mol. The van der Waals surface area contributed by atoms with Crippen molar-refractivity contribution in [1.82, 2.24) is 10.6 Å². The Balaban J connectivity index is 1.98. The first-order valence-electron chi connectivity index (χ1n) is 10.2. The SMILES string of the molecule is CC(C)(C)[C@@H](CNC(CN)Cc1ccccc1)NC(=O)Nc1cccc(C(F)(F)F)c1. The number of nitrogens with one attached hydrogen (secondary N) is 3. The van der Waals surface area contributed by atoms with Crippen LogP contribution in [0.5, 0.6) is 0 Å². The summed E-state index contributed by atoms with van der Waals surface area (Å²) in [6, 6.07) is 13.7. The molecule has 0 aliphatic heterocycles. The van der Waals surface area contributed by atoms with Gasteiger partial charge < -0.3 is 21.7 Å². The number of hydrogen-bond acceptors (Lipinski definition) is 3. The summed E-state index contributed by atoms with van der Waals surface area (Å²) in [6.07, 6.45) is -3.72. The quantitative estimate of drug-likeness (QED) is 0.495. The minimum Gasteiger partial charge on any atom is -0.333 e. The summed E-state index contributed by atoms with van der Waals surface area (Å²) >= 11 is 0. The molecular weight excluding hydrogens is 405 g/mol. The lowest BCUT2D eigenvalue weighted by molar-refractivity contribution is -0.137. The lowest BCUT2D eigenvalue weighted by Gasteiger charge is -2.33. The highest BCUT2D eigenvalue weighted by Crippen LogP contribution is 2.30. The summed E-state index contributed by atoms with van der Waals surface area (Å²) in [6.45, 7) is 6.85. The van der Waals surface area contributed by atoms with Crippen LogP contribution in [-0.4, -0.2) is 31.2 Å². The van der Waals surface area contributed by atoms with E-state index in [1.807, 2.05) is 51.1 Å². The van der Waals surface area contributed by atoms with E-state index in [1.54, 1.807) is 0 Å². The van der Waals surface area contributed by atoms with Gasteiger partial charge in [0.25, 0.3) is 0 Å². The third kappa shape index (κ3) is 8.22. The Morgan fingerprint density at radius 3 is 2.29 bits per heavy atom. The Kier molecular flexibility index (Phi) is 8.47. The van der Waals surface area contributed by atoms with Crippen molar-refractivity contribution < 1.29 is 18.0 Å². The second kappa shape index (κ2) is 10.6. The fourth-order valence-corrected chi connectivity index (χ4v) is 3.09. The lowest BCUT2D eigenvalue weighted by Crippen LogP contribution is -2.53. The zero-order valence-electron chi connectivity index (χ0n) is 18.1. The number of anilines is 1. The fraction of sp³-hybridized carbons (Fsp3) is 0.435. The van der Waals surface area contributed by atoms with E-state index in [-0.39, 0.29) is 23.2 Å². The van der Waals surface area contributed by atoms with Gasteiger partial charge in [0.1, 0.15) is 0 Å². The summed E-state index contributed by atoms with van der Waals surface area (Å²) in [5.74, 6) is 0. The Morgan fingerprint density at radius 1 is 1.03 bits per heavy atom. The van der Waals surface area contributed by atoms with E-state index in [1.165, 1.54) is 12.1 Å². The van der Waals surface area contributed by atoms with Crippen molar-refractivity contribution in [3.8, 4) is 0 Å². The number of alkyl halides is 3. The Bertz CT molecular complexity index is 835. The summed E-state index contributed by atoms with van der Waals surface area (Å²) in [4.78, 5) is 12.5. The molecule has 0 bridgehead atoms. The normalized spacial score (nSPS) is 14.0. The van der Waals surface area contributed by atoms with Gasteiger partial charge in [-0.15, -0.1) is 0 Å². The van der Waals surface area contributed by atoms with Gasteiger partial charge in [-0.25, -0.2) is 4.79 Å². The molecule has 2 atom stereocenters. The molecule has 0 aromatic heterocycles. The second-order valence-electron chi connectivity index (χ2n) is 8.63. The number of hydrogen-bond donors (Lipinski definition) is 4. The van der Waals surface area contributed by atoms with Crippen LogP contribution in [0.1, 0.15) is 31.9 Å². The molecule has 0 saturated heterocycles. The summed E-state index contributed by atoms with van der Waals surface area (Å²) in [5.41, 5.74) is 6.05. The van der Waals surface area contributed by atoms with Gasteiger partial charge in [0.05, 0.1) is 5.56 Å². The van der Waals surface area contributed by atoms with Crippen molar-refractivity contribution in [3.63, 3.8) is 0 Å². The Hall–Kier alpha value is -2.58. The first-order valence-corrected chi connectivity index (χ1v) is 10.2. The molecule has 1 unspecified atom stereocenters. The van der Waals surface area contributed by atoms with E-state index >= 15 is 0 Å². The zero-order chi connectivity index (χ0) is 23.1. The maximum Gasteiger partial charge on any atom is 0.416 e. The van der Waals surface area contributed by atoms with Crippen LogP contribution in [0.4, 0.5) is 23.7 Å². The van der Waals surface area contributed by atoms with Crippen LogP contribution in [0, 0.1) is 5.41 Å². The molecule has 31 heavy (non-hydrogen) atoms. The average Bonchev–Trinajstić information content (AvgIpc) is 2.69. The molecule has 170 valence electrons. The molecule has 2 aromatic carbocycles. The molecule has 2 aromatic rings. The van der Waals surface area contributed by atoms with Crippen LogP contribution in [0.2, 0.25) is 0 Å². The highest BCUT2D eigenvalue weighted by molar-refractivity contribution is 5.89. The van der Waals surface area contributed by atoms with Gasteiger partial charge in [-0.2, -0.15) is 13.2 Å². The number of nitrogens with two attached hydrogens (primary N) is 1. The Morgan fingerprint density at radius 2 is 1.71 bits per heavy atom. The number of rotatable bonds is 8. The van der Waals surface area contributed by atoms with Crippen molar-refractivity contribution in [2.45, 2.75) is 45.5 Å². The number of carbonyl (C=O) groups is 1. The van der Waals surface area contributed by atoms with Crippen molar-refractivity contribution >= 4 is 11.7 Å². The predicted octanol–water partition coefficient (Wildman–Crippen LogP) is 4.40. The summed E-state index contributed by atoms with van der Waals surface area (Å²) in [5, 5.41) is 8.77.